The van der Waals surface area contributed by atoms with Gasteiger partial charge in [-0.3, -0.25) is 9.38 Å². The van der Waals surface area contributed by atoms with Gasteiger partial charge < -0.3 is 0 Å². The minimum atomic E-state index is 0.937. The monoisotopic (exact) mass is 578 g/mol. The van der Waals surface area contributed by atoms with Gasteiger partial charge in [-0.25, -0.2) is 9.97 Å². The summed E-state index contributed by atoms with van der Waals surface area (Å²) >= 11 is 1.84. The van der Waals surface area contributed by atoms with Gasteiger partial charge in [0.05, 0.1) is 27.8 Å². The number of pyridine rings is 3. The summed E-state index contributed by atoms with van der Waals surface area (Å²) in [6.45, 7) is 0. The molecular weight excluding hydrogens is 557 g/mol. The second-order valence-corrected chi connectivity index (χ2v) is 12.3. The van der Waals surface area contributed by atoms with E-state index in [-0.39, 0.29) is 0 Å². The van der Waals surface area contributed by atoms with Crippen molar-refractivity contribution in [3.05, 3.63) is 134 Å². The molecule has 5 heteroatoms. The fourth-order valence-corrected chi connectivity index (χ4v) is 7.92. The molecule has 4 nitrogen and oxygen atoms in total. The van der Waals surface area contributed by atoms with Crippen LogP contribution in [0.25, 0.3) is 91.9 Å². The smallest absolute Gasteiger partial charge is 0.147 e. The first-order chi connectivity index (χ1) is 21.8. The molecule has 0 spiro atoms. The lowest BCUT2D eigenvalue weighted by Crippen LogP contribution is -1.89. The predicted octanol–water partition coefficient (Wildman–Crippen LogP) is 10.4. The molecule has 204 valence electrons. The highest BCUT2D eigenvalue weighted by Crippen LogP contribution is 2.42. The molecule has 0 radical (unpaired) electrons. The zero-order valence-corrected chi connectivity index (χ0v) is 24.2. The van der Waals surface area contributed by atoms with E-state index in [0.29, 0.717) is 0 Å². The van der Waals surface area contributed by atoms with Crippen molar-refractivity contribution in [2.24, 2.45) is 0 Å². The maximum absolute atomic E-state index is 5.05. The Morgan fingerprint density at radius 2 is 1.30 bits per heavy atom. The van der Waals surface area contributed by atoms with Crippen molar-refractivity contribution in [3.63, 3.8) is 0 Å². The van der Waals surface area contributed by atoms with Crippen molar-refractivity contribution in [3.8, 4) is 22.4 Å². The maximum atomic E-state index is 5.05. The zero-order chi connectivity index (χ0) is 28.8. The van der Waals surface area contributed by atoms with Gasteiger partial charge in [0.1, 0.15) is 10.5 Å². The highest BCUT2D eigenvalue weighted by Gasteiger charge is 2.18. The Bertz CT molecular complexity index is 2770. The lowest BCUT2D eigenvalue weighted by molar-refractivity contribution is 1.34. The first-order valence-electron chi connectivity index (χ1n) is 14.7. The number of hydrogen-bond acceptors (Lipinski definition) is 4. The molecule has 0 aliphatic heterocycles. The van der Waals surface area contributed by atoms with E-state index in [1.807, 2.05) is 23.6 Å². The number of thiophene rings is 1. The molecule has 5 heterocycles. The van der Waals surface area contributed by atoms with Crippen LogP contribution in [0, 0.1) is 0 Å². The van der Waals surface area contributed by atoms with Crippen molar-refractivity contribution in [2.45, 2.75) is 0 Å². The number of nitrogens with zero attached hydrogens (tertiary/aromatic N) is 4. The summed E-state index contributed by atoms with van der Waals surface area (Å²) in [6, 6.07) is 45.2. The Balaban J connectivity index is 1.13. The average Bonchev–Trinajstić information content (AvgIpc) is 3.67. The molecule has 10 rings (SSSR count). The minimum absolute atomic E-state index is 0.937. The van der Waals surface area contributed by atoms with Crippen LogP contribution in [0.5, 0.6) is 0 Å². The van der Waals surface area contributed by atoms with E-state index in [9.17, 15) is 0 Å². The highest BCUT2D eigenvalue weighted by molar-refractivity contribution is 7.25. The van der Waals surface area contributed by atoms with E-state index in [1.165, 1.54) is 42.2 Å². The molecule has 5 aromatic heterocycles. The number of para-hydroxylation sites is 2. The largest absolute Gasteiger partial charge is 0.283 e. The lowest BCUT2D eigenvalue weighted by Gasteiger charge is -2.08. The summed E-state index contributed by atoms with van der Waals surface area (Å²) in [6.07, 6.45) is 1.83. The third-order valence-electron chi connectivity index (χ3n) is 8.82. The van der Waals surface area contributed by atoms with Crippen molar-refractivity contribution < 1.29 is 0 Å². The normalized spacial score (nSPS) is 12.1. The summed E-state index contributed by atoms with van der Waals surface area (Å²) in [7, 11) is 0. The Morgan fingerprint density at radius 3 is 2.20 bits per heavy atom. The molecule has 10 aromatic rings. The fourth-order valence-electron chi connectivity index (χ4n) is 6.71. The molecule has 0 saturated heterocycles. The Hall–Kier alpha value is -5.65. The Morgan fingerprint density at radius 1 is 0.545 bits per heavy atom. The number of imidazole rings is 1. The van der Waals surface area contributed by atoms with Gasteiger partial charge in [0, 0.05) is 43.4 Å². The molecule has 0 aliphatic carbocycles. The minimum Gasteiger partial charge on any atom is -0.283 e. The van der Waals surface area contributed by atoms with Crippen LogP contribution >= 0.6 is 11.3 Å². The SMILES string of the molecule is c1cnc2c(c1)ccc1ccc(-c3ccc(-c4ccc5sc6c(c5c4)c4ccccc4c4nc5ccccc5n46)cc3)nc12. The summed E-state index contributed by atoms with van der Waals surface area (Å²) in [5.74, 6) is 0. The summed E-state index contributed by atoms with van der Waals surface area (Å²) in [5, 5.41) is 7.19. The van der Waals surface area contributed by atoms with Crippen LogP contribution in [0.4, 0.5) is 0 Å². The first-order valence-corrected chi connectivity index (χ1v) is 15.5. The van der Waals surface area contributed by atoms with Crippen LogP contribution in [0.1, 0.15) is 0 Å². The van der Waals surface area contributed by atoms with Gasteiger partial charge in [0.25, 0.3) is 0 Å². The number of rotatable bonds is 2. The topological polar surface area (TPSA) is 43.1 Å². The van der Waals surface area contributed by atoms with Gasteiger partial charge in [-0.2, -0.15) is 0 Å². The van der Waals surface area contributed by atoms with E-state index in [1.54, 1.807) is 0 Å². The van der Waals surface area contributed by atoms with Crippen molar-refractivity contribution in [2.75, 3.05) is 0 Å². The van der Waals surface area contributed by atoms with E-state index >= 15 is 0 Å². The predicted molar refractivity (Wildman–Crippen MR) is 185 cm³/mol. The molecule has 44 heavy (non-hydrogen) atoms. The number of hydrogen-bond donors (Lipinski definition) is 0. The average molecular weight is 579 g/mol. The Labute approximate surface area is 255 Å². The fraction of sp³-hybridized carbons (Fsp3) is 0. The number of benzene rings is 5. The number of aromatic nitrogens is 4. The number of fused-ring (bicyclic) bond motifs is 13. The van der Waals surface area contributed by atoms with E-state index in [4.69, 9.17) is 9.97 Å². The molecule has 0 aliphatic rings. The summed E-state index contributed by atoms with van der Waals surface area (Å²) < 4.78 is 3.62. The molecule has 0 fully saturated rings. The van der Waals surface area contributed by atoms with Crippen molar-refractivity contribution in [1.29, 1.82) is 0 Å². The molecule has 0 bridgehead atoms. The van der Waals surface area contributed by atoms with Crippen LogP contribution in [0.3, 0.4) is 0 Å². The molecule has 0 amide bonds. The summed E-state index contributed by atoms with van der Waals surface area (Å²) in [5.41, 5.74) is 9.48. The zero-order valence-electron chi connectivity index (χ0n) is 23.4. The lowest BCUT2D eigenvalue weighted by atomic mass is 9.99. The maximum Gasteiger partial charge on any atom is 0.147 e. The van der Waals surface area contributed by atoms with Crippen LogP contribution in [-0.2, 0) is 0 Å². The van der Waals surface area contributed by atoms with Gasteiger partial charge in [-0.15, -0.1) is 11.3 Å². The van der Waals surface area contributed by atoms with Gasteiger partial charge in [-0.05, 0) is 52.9 Å². The highest BCUT2D eigenvalue weighted by atomic mass is 32.1. The molecule has 0 saturated carbocycles. The molecular formula is C39H22N4S. The van der Waals surface area contributed by atoms with Crippen LogP contribution < -0.4 is 0 Å². The van der Waals surface area contributed by atoms with E-state index in [2.05, 4.69) is 131 Å². The van der Waals surface area contributed by atoms with Gasteiger partial charge in [0.2, 0.25) is 0 Å². The molecule has 0 unspecified atom stereocenters. The van der Waals surface area contributed by atoms with Crippen LogP contribution in [-0.4, -0.2) is 19.4 Å². The van der Waals surface area contributed by atoms with E-state index < -0.39 is 0 Å². The van der Waals surface area contributed by atoms with Gasteiger partial charge in [0.15, 0.2) is 0 Å². The van der Waals surface area contributed by atoms with Crippen molar-refractivity contribution in [1.82, 2.24) is 19.4 Å². The van der Waals surface area contributed by atoms with Gasteiger partial charge in [-0.1, -0.05) is 91.0 Å². The van der Waals surface area contributed by atoms with Gasteiger partial charge >= 0.3 is 0 Å². The Kier molecular flexibility index (Phi) is 4.84. The third-order valence-corrected chi connectivity index (χ3v) is 9.97. The van der Waals surface area contributed by atoms with Crippen molar-refractivity contribution >= 4 is 80.9 Å². The second kappa shape index (κ2) is 8.93. The van der Waals surface area contributed by atoms with E-state index in [0.717, 1.165) is 49.7 Å². The second-order valence-electron chi connectivity index (χ2n) is 11.3. The standard InChI is InChI=1S/C39H22N4S/c1-2-8-29-28(7-1)35-30-22-27(18-20-34(30)44-39(35)43-33-10-4-3-9-32(33)42-38(29)43)23-11-13-24(14-12-23)31-19-17-26-16-15-25-6-5-21-40-36(25)37(26)41-31/h1-22H. The molecule has 0 N–H and O–H groups in total. The molecule has 0 atom stereocenters. The first kappa shape index (κ1) is 23.9. The quantitative estimate of drug-likeness (QED) is 0.192. The summed E-state index contributed by atoms with van der Waals surface area (Å²) in [4.78, 5) is 16.0. The van der Waals surface area contributed by atoms with Crippen LogP contribution in [0.2, 0.25) is 0 Å². The third kappa shape index (κ3) is 3.36. The van der Waals surface area contributed by atoms with Crippen LogP contribution in [0.15, 0.2) is 134 Å². The molecule has 5 aromatic carbocycles.